The van der Waals surface area contributed by atoms with Crippen molar-refractivity contribution in [2.45, 2.75) is 31.8 Å². The SMILES string of the molecule is CCC(Oc1ccccc1F)C(=O)N1CCC(c2cc(=O)[nH]c(-c3ccncc3)n2)C1. The minimum Gasteiger partial charge on any atom is -0.478 e. The molecule has 0 aliphatic carbocycles. The van der Waals surface area contributed by atoms with Crippen LogP contribution in [0.3, 0.4) is 0 Å². The van der Waals surface area contributed by atoms with E-state index in [2.05, 4.69) is 15.0 Å². The zero-order valence-corrected chi connectivity index (χ0v) is 17.1. The van der Waals surface area contributed by atoms with E-state index in [0.29, 0.717) is 37.4 Å². The molecule has 0 radical (unpaired) electrons. The van der Waals surface area contributed by atoms with Gasteiger partial charge >= 0.3 is 0 Å². The van der Waals surface area contributed by atoms with Gasteiger partial charge in [0.1, 0.15) is 5.82 Å². The highest BCUT2D eigenvalue weighted by atomic mass is 19.1. The minimum atomic E-state index is -0.768. The molecule has 7 nitrogen and oxygen atoms in total. The summed E-state index contributed by atoms with van der Waals surface area (Å²) in [6.07, 6.45) is 3.62. The number of ether oxygens (including phenoxy) is 1. The second-order valence-corrected chi connectivity index (χ2v) is 7.47. The van der Waals surface area contributed by atoms with Gasteiger partial charge in [-0.3, -0.25) is 14.6 Å². The molecule has 1 amide bonds. The van der Waals surface area contributed by atoms with Gasteiger partial charge in [-0.15, -0.1) is 0 Å². The number of rotatable bonds is 6. The van der Waals surface area contributed by atoms with Gasteiger partial charge in [-0.1, -0.05) is 19.1 Å². The summed E-state index contributed by atoms with van der Waals surface area (Å²) in [5, 5.41) is 0. The van der Waals surface area contributed by atoms with E-state index in [1.54, 1.807) is 41.6 Å². The zero-order chi connectivity index (χ0) is 21.8. The van der Waals surface area contributed by atoms with Gasteiger partial charge in [-0.25, -0.2) is 9.37 Å². The molecule has 3 aromatic rings. The molecule has 2 unspecified atom stereocenters. The maximum atomic E-state index is 13.9. The van der Waals surface area contributed by atoms with Crippen molar-refractivity contribution in [3.05, 3.63) is 76.7 Å². The first-order valence-corrected chi connectivity index (χ1v) is 10.3. The summed E-state index contributed by atoms with van der Waals surface area (Å²) >= 11 is 0. The maximum Gasteiger partial charge on any atom is 0.263 e. The van der Waals surface area contributed by atoms with Gasteiger partial charge in [0.05, 0.1) is 5.69 Å². The van der Waals surface area contributed by atoms with Crippen molar-refractivity contribution >= 4 is 5.91 Å². The lowest BCUT2D eigenvalue weighted by atomic mass is 10.0. The van der Waals surface area contributed by atoms with Crippen LogP contribution in [-0.4, -0.2) is 45.0 Å². The first-order valence-electron chi connectivity index (χ1n) is 10.3. The van der Waals surface area contributed by atoms with Crippen molar-refractivity contribution in [1.29, 1.82) is 0 Å². The highest BCUT2D eigenvalue weighted by molar-refractivity contribution is 5.81. The van der Waals surface area contributed by atoms with Crippen LogP contribution in [0.15, 0.2) is 59.7 Å². The molecule has 1 aliphatic rings. The Hall–Kier alpha value is -3.55. The van der Waals surface area contributed by atoms with Gasteiger partial charge in [-0.2, -0.15) is 0 Å². The predicted octanol–water partition coefficient (Wildman–Crippen LogP) is 3.14. The number of hydrogen-bond donors (Lipinski definition) is 1. The molecule has 1 saturated heterocycles. The Labute approximate surface area is 178 Å². The smallest absolute Gasteiger partial charge is 0.263 e. The number of nitrogens with one attached hydrogen (secondary N) is 1. The van der Waals surface area contributed by atoms with Crippen LogP contribution < -0.4 is 10.3 Å². The molecule has 1 fully saturated rings. The van der Waals surface area contributed by atoms with Crippen LogP contribution in [-0.2, 0) is 4.79 Å². The van der Waals surface area contributed by atoms with E-state index in [4.69, 9.17) is 4.74 Å². The maximum absolute atomic E-state index is 13.9. The fraction of sp³-hybridized carbons (Fsp3) is 0.304. The standard InChI is InChI=1S/C23H23FN4O3/c1-2-19(31-20-6-4-3-5-17(20)24)23(30)28-12-9-16(14-28)18-13-21(29)27-22(26-18)15-7-10-25-11-8-15/h3-8,10-11,13,16,19H,2,9,12,14H2,1H3,(H,26,27,29). The average Bonchev–Trinajstić information content (AvgIpc) is 3.29. The third-order valence-electron chi connectivity index (χ3n) is 5.39. The molecule has 1 N–H and O–H groups in total. The third kappa shape index (κ3) is 4.63. The summed E-state index contributed by atoms with van der Waals surface area (Å²) in [5.41, 5.74) is 1.18. The number of H-pyrrole nitrogens is 1. The highest BCUT2D eigenvalue weighted by Gasteiger charge is 2.33. The van der Waals surface area contributed by atoms with E-state index >= 15 is 0 Å². The van der Waals surface area contributed by atoms with Gasteiger partial charge in [0, 0.05) is 43.0 Å². The molecule has 0 saturated carbocycles. The van der Waals surface area contributed by atoms with Gasteiger partial charge in [0.25, 0.3) is 11.5 Å². The number of hydrogen-bond acceptors (Lipinski definition) is 5. The van der Waals surface area contributed by atoms with E-state index in [1.807, 2.05) is 6.92 Å². The quantitative estimate of drug-likeness (QED) is 0.659. The minimum absolute atomic E-state index is 0.0576. The lowest BCUT2D eigenvalue weighted by Gasteiger charge is -2.23. The Kier molecular flexibility index (Phi) is 6.06. The summed E-state index contributed by atoms with van der Waals surface area (Å²) in [7, 11) is 0. The van der Waals surface area contributed by atoms with Crippen LogP contribution in [0.4, 0.5) is 4.39 Å². The van der Waals surface area contributed by atoms with Crippen molar-refractivity contribution < 1.29 is 13.9 Å². The Morgan fingerprint density at radius 3 is 2.81 bits per heavy atom. The van der Waals surface area contributed by atoms with Gasteiger partial charge in [-0.05, 0) is 37.1 Å². The summed E-state index contributed by atoms with van der Waals surface area (Å²) < 4.78 is 19.6. The van der Waals surface area contributed by atoms with E-state index < -0.39 is 11.9 Å². The number of aromatic amines is 1. The number of aromatic nitrogens is 3. The second-order valence-electron chi connectivity index (χ2n) is 7.47. The molecule has 3 heterocycles. The number of carbonyl (C=O) groups is 1. The molecule has 1 aliphatic heterocycles. The predicted molar refractivity (Wildman–Crippen MR) is 113 cm³/mol. The van der Waals surface area contributed by atoms with E-state index in [9.17, 15) is 14.0 Å². The van der Waals surface area contributed by atoms with Crippen LogP contribution >= 0.6 is 0 Å². The van der Waals surface area contributed by atoms with Crippen LogP contribution in [0.1, 0.15) is 31.4 Å². The Balaban J connectivity index is 1.49. The van der Waals surface area contributed by atoms with Crippen LogP contribution in [0, 0.1) is 5.82 Å². The van der Waals surface area contributed by atoms with E-state index in [1.165, 1.54) is 18.2 Å². The summed E-state index contributed by atoms with van der Waals surface area (Å²) in [6.45, 7) is 2.79. The first kappa shape index (κ1) is 20.7. The van der Waals surface area contributed by atoms with Crippen molar-refractivity contribution in [2.24, 2.45) is 0 Å². The Morgan fingerprint density at radius 1 is 1.29 bits per heavy atom. The summed E-state index contributed by atoms with van der Waals surface area (Å²) in [5.74, 6) is -0.199. The first-order chi connectivity index (χ1) is 15.0. The highest BCUT2D eigenvalue weighted by Crippen LogP contribution is 2.28. The topological polar surface area (TPSA) is 88.2 Å². The number of amides is 1. The molecule has 160 valence electrons. The fourth-order valence-electron chi connectivity index (χ4n) is 3.74. The molecule has 2 atom stereocenters. The number of halogens is 1. The number of pyridine rings is 1. The lowest BCUT2D eigenvalue weighted by Crippen LogP contribution is -2.40. The molecule has 1 aromatic carbocycles. The fourth-order valence-corrected chi connectivity index (χ4v) is 3.74. The molecular formula is C23H23FN4O3. The summed E-state index contributed by atoms with van der Waals surface area (Å²) in [4.78, 5) is 38.3. The lowest BCUT2D eigenvalue weighted by molar-refractivity contribution is -0.137. The molecule has 8 heteroatoms. The van der Waals surface area contributed by atoms with Crippen molar-refractivity contribution in [1.82, 2.24) is 19.9 Å². The van der Waals surface area contributed by atoms with Gasteiger partial charge in [0.15, 0.2) is 17.7 Å². The normalized spacial score (nSPS) is 16.8. The molecule has 2 aromatic heterocycles. The van der Waals surface area contributed by atoms with E-state index in [-0.39, 0.29) is 23.1 Å². The summed E-state index contributed by atoms with van der Waals surface area (Å²) in [6, 6.07) is 11.1. The Morgan fingerprint density at radius 2 is 2.06 bits per heavy atom. The largest absolute Gasteiger partial charge is 0.478 e. The molecule has 0 spiro atoms. The average molecular weight is 422 g/mol. The molecule has 4 rings (SSSR count). The number of carbonyl (C=O) groups excluding carboxylic acids is 1. The molecule has 31 heavy (non-hydrogen) atoms. The van der Waals surface area contributed by atoms with Crippen molar-refractivity contribution in [2.75, 3.05) is 13.1 Å². The number of benzene rings is 1. The number of likely N-dealkylation sites (tertiary alicyclic amines) is 1. The van der Waals surface area contributed by atoms with Crippen molar-refractivity contribution in [3.8, 4) is 17.1 Å². The van der Waals surface area contributed by atoms with E-state index in [0.717, 1.165) is 5.56 Å². The van der Waals surface area contributed by atoms with Crippen LogP contribution in [0.25, 0.3) is 11.4 Å². The molecular weight excluding hydrogens is 399 g/mol. The number of para-hydroxylation sites is 1. The van der Waals surface area contributed by atoms with Crippen LogP contribution in [0.5, 0.6) is 5.75 Å². The number of nitrogens with zero attached hydrogens (tertiary/aromatic N) is 3. The van der Waals surface area contributed by atoms with Gasteiger partial charge in [0.2, 0.25) is 0 Å². The zero-order valence-electron chi connectivity index (χ0n) is 17.1. The van der Waals surface area contributed by atoms with Crippen molar-refractivity contribution in [3.63, 3.8) is 0 Å². The third-order valence-corrected chi connectivity index (χ3v) is 5.39. The van der Waals surface area contributed by atoms with Crippen LogP contribution in [0.2, 0.25) is 0 Å². The second kappa shape index (κ2) is 9.07. The van der Waals surface area contributed by atoms with Gasteiger partial charge < -0.3 is 14.6 Å². The monoisotopic (exact) mass is 422 g/mol. The Bertz CT molecular complexity index is 1120. The molecule has 0 bridgehead atoms.